The highest BCUT2D eigenvalue weighted by Crippen LogP contribution is 2.66. The summed E-state index contributed by atoms with van der Waals surface area (Å²) in [5.74, 6) is 0.00151. The lowest BCUT2D eigenvalue weighted by molar-refractivity contribution is -0.314. The number of aliphatic hydroxyl groups is 5. The Kier molecular flexibility index (Phi) is 7.93. The maximum Gasteiger partial charge on any atom is 0.309 e. The summed E-state index contributed by atoms with van der Waals surface area (Å²) in [4.78, 5) is 13.4. The zero-order chi connectivity index (χ0) is 32.2. The lowest BCUT2D eigenvalue weighted by Crippen LogP contribution is -2.60. The highest BCUT2D eigenvalue weighted by atomic mass is 16.7. The molecular formula is C35H52O10. The molecule has 4 aliphatic carbocycles. The number of epoxide rings is 1. The van der Waals surface area contributed by atoms with Crippen LogP contribution in [0, 0.1) is 40.4 Å². The fourth-order valence-corrected chi connectivity index (χ4v) is 10.9. The normalized spacial score (nSPS) is 54.1. The van der Waals surface area contributed by atoms with Gasteiger partial charge in [0.1, 0.15) is 36.1 Å². The number of hydrogen-bond donors (Lipinski definition) is 5. The zero-order valence-electron chi connectivity index (χ0n) is 27.2. The Morgan fingerprint density at radius 3 is 2.44 bits per heavy atom. The average molecular weight is 633 g/mol. The molecule has 45 heavy (non-hydrogen) atoms. The molecule has 5 fully saturated rings. The van der Waals surface area contributed by atoms with Crippen LogP contribution in [0.4, 0.5) is 0 Å². The molecule has 0 aromatic heterocycles. The molecular weight excluding hydrogens is 580 g/mol. The number of rotatable bonds is 6. The first-order valence-corrected chi connectivity index (χ1v) is 17.2. The minimum absolute atomic E-state index is 0.0600. The molecule has 3 aliphatic heterocycles. The number of fused-ring (bicyclic) bond motifs is 5. The first-order chi connectivity index (χ1) is 21.3. The maximum atomic E-state index is 13.4. The number of allylic oxidation sites excluding steroid dienone is 4. The molecule has 7 rings (SSSR count). The van der Waals surface area contributed by atoms with Gasteiger partial charge in [0.05, 0.1) is 30.8 Å². The van der Waals surface area contributed by atoms with Crippen molar-refractivity contribution in [2.75, 3.05) is 6.61 Å². The molecule has 0 spiro atoms. The van der Waals surface area contributed by atoms with E-state index < -0.39 is 49.0 Å². The zero-order valence-corrected chi connectivity index (χ0v) is 27.2. The summed E-state index contributed by atoms with van der Waals surface area (Å²) in [5, 5.41) is 52.1. The van der Waals surface area contributed by atoms with E-state index in [2.05, 4.69) is 46.8 Å². The van der Waals surface area contributed by atoms with Gasteiger partial charge in [0, 0.05) is 12.3 Å². The van der Waals surface area contributed by atoms with Crippen LogP contribution in [0.25, 0.3) is 0 Å². The van der Waals surface area contributed by atoms with E-state index in [0.29, 0.717) is 18.8 Å². The van der Waals surface area contributed by atoms with Crippen molar-refractivity contribution >= 4 is 5.97 Å². The molecule has 0 unspecified atom stereocenters. The SMILES string of the molecule is CC(C)[C@@]1([C@@H]2C[C@H]([C@H]3[C@H](O)C[C@H]4C5=CC[C@H]6C[C@@H](O[C@@H]7O[C@H](CO)[C@@H](O)[C@H](O)[C@H]7O)CC[C@]6(C)C5=CC[C@]34C)C(=O)O2)O[C@H]1C. The maximum absolute atomic E-state index is 13.4. The minimum atomic E-state index is -1.46. The van der Waals surface area contributed by atoms with E-state index in [4.69, 9.17) is 18.9 Å². The summed E-state index contributed by atoms with van der Waals surface area (Å²) < 4.78 is 23.9. The van der Waals surface area contributed by atoms with Gasteiger partial charge in [0.2, 0.25) is 0 Å². The number of ether oxygens (including phenoxy) is 4. The van der Waals surface area contributed by atoms with Crippen molar-refractivity contribution in [2.24, 2.45) is 40.4 Å². The highest BCUT2D eigenvalue weighted by Gasteiger charge is 2.68. The Labute approximate surface area is 265 Å². The van der Waals surface area contributed by atoms with Gasteiger partial charge < -0.3 is 44.5 Å². The highest BCUT2D eigenvalue weighted by molar-refractivity contribution is 5.76. The summed E-state index contributed by atoms with van der Waals surface area (Å²) in [6.45, 7) is 10.4. The summed E-state index contributed by atoms with van der Waals surface area (Å²) in [7, 11) is 0. The van der Waals surface area contributed by atoms with Crippen molar-refractivity contribution in [3.05, 3.63) is 23.3 Å². The van der Waals surface area contributed by atoms with Gasteiger partial charge in [-0.2, -0.15) is 0 Å². The predicted octanol–water partition coefficient (Wildman–Crippen LogP) is 2.39. The van der Waals surface area contributed by atoms with Crippen LogP contribution in [0.5, 0.6) is 0 Å². The summed E-state index contributed by atoms with van der Waals surface area (Å²) >= 11 is 0. The third-order valence-corrected chi connectivity index (χ3v) is 13.6. The first kappa shape index (κ1) is 32.2. The predicted molar refractivity (Wildman–Crippen MR) is 161 cm³/mol. The Balaban J connectivity index is 1.07. The van der Waals surface area contributed by atoms with Crippen LogP contribution in [0.1, 0.15) is 79.6 Å². The van der Waals surface area contributed by atoms with Crippen molar-refractivity contribution in [2.45, 2.75) is 140 Å². The number of aliphatic hydroxyl groups excluding tert-OH is 5. The van der Waals surface area contributed by atoms with Gasteiger partial charge in [0.25, 0.3) is 0 Å². The average Bonchev–Trinajstić information content (AvgIpc) is 3.44. The molecule has 10 heteroatoms. The lowest BCUT2D eigenvalue weighted by atomic mass is 9.51. The molecule has 0 aromatic rings. The van der Waals surface area contributed by atoms with Crippen LogP contribution in [0.15, 0.2) is 23.3 Å². The van der Waals surface area contributed by atoms with Gasteiger partial charge in [-0.1, -0.05) is 39.8 Å². The summed E-state index contributed by atoms with van der Waals surface area (Å²) in [6, 6.07) is 0. The smallest absolute Gasteiger partial charge is 0.309 e. The number of cyclic esters (lactones) is 1. The molecule has 0 bridgehead atoms. The minimum Gasteiger partial charge on any atom is -0.459 e. The van der Waals surface area contributed by atoms with Crippen molar-refractivity contribution in [3.8, 4) is 0 Å². The molecule has 5 N–H and O–H groups in total. The van der Waals surface area contributed by atoms with E-state index in [1.54, 1.807) is 0 Å². The summed E-state index contributed by atoms with van der Waals surface area (Å²) in [5.41, 5.74) is 1.96. The second-order valence-electron chi connectivity index (χ2n) is 16.0. The Morgan fingerprint density at radius 2 is 1.78 bits per heavy atom. The van der Waals surface area contributed by atoms with E-state index >= 15 is 0 Å². The molecule has 16 atom stereocenters. The quantitative estimate of drug-likeness (QED) is 0.218. The van der Waals surface area contributed by atoms with Crippen LogP contribution in [-0.4, -0.2) is 98.8 Å². The molecule has 0 aromatic carbocycles. The van der Waals surface area contributed by atoms with E-state index in [1.807, 2.05) is 0 Å². The van der Waals surface area contributed by atoms with E-state index in [-0.39, 0.29) is 58.8 Å². The molecule has 0 radical (unpaired) electrons. The van der Waals surface area contributed by atoms with E-state index in [0.717, 1.165) is 32.1 Å². The van der Waals surface area contributed by atoms with Gasteiger partial charge in [0.15, 0.2) is 6.29 Å². The van der Waals surface area contributed by atoms with Gasteiger partial charge >= 0.3 is 5.97 Å². The van der Waals surface area contributed by atoms with Crippen molar-refractivity contribution in [1.29, 1.82) is 0 Å². The second kappa shape index (κ2) is 11.1. The number of carbonyl (C=O) groups excluding carboxylic acids is 1. The van der Waals surface area contributed by atoms with Gasteiger partial charge in [-0.15, -0.1) is 0 Å². The number of hydrogen-bond acceptors (Lipinski definition) is 10. The molecule has 3 heterocycles. The topological polar surface area (TPSA) is 158 Å². The standard InChI is InChI=1S/C35H52O10/c1-16(2)35(17(3)45-35)26-13-21(31(41)44-26)27-24(37)14-23-20-7-6-18-12-19(8-10-33(18,4)22(20)9-11-34(23,27)5)42-32-30(40)29(39)28(38)25(15-36)43-32/h7,9,16-19,21,23-30,32,36-40H,6,8,10-15H2,1-5H3/t17-,18-,19-,21+,23-,24+,25+,26-,27-,28+,29-,30+,32+,33-,34-,35+/m0/s1. The molecule has 252 valence electrons. The van der Waals surface area contributed by atoms with Crippen molar-refractivity contribution in [1.82, 2.24) is 0 Å². The Morgan fingerprint density at radius 1 is 1.04 bits per heavy atom. The second-order valence-corrected chi connectivity index (χ2v) is 16.0. The molecule has 10 nitrogen and oxygen atoms in total. The molecule has 2 saturated carbocycles. The Bertz CT molecular complexity index is 1250. The monoisotopic (exact) mass is 632 g/mol. The summed E-state index contributed by atoms with van der Waals surface area (Å²) in [6.07, 6.45) is 2.65. The molecule has 3 saturated heterocycles. The van der Waals surface area contributed by atoms with Gasteiger partial charge in [-0.3, -0.25) is 4.79 Å². The van der Waals surface area contributed by atoms with Crippen molar-refractivity contribution < 1.29 is 49.3 Å². The third-order valence-electron chi connectivity index (χ3n) is 13.6. The van der Waals surface area contributed by atoms with E-state index in [1.165, 1.54) is 11.1 Å². The van der Waals surface area contributed by atoms with Crippen LogP contribution in [0.3, 0.4) is 0 Å². The van der Waals surface area contributed by atoms with Gasteiger partial charge in [-0.05, 0) is 85.2 Å². The van der Waals surface area contributed by atoms with Crippen LogP contribution in [-0.2, 0) is 23.7 Å². The van der Waals surface area contributed by atoms with Crippen molar-refractivity contribution in [3.63, 3.8) is 0 Å². The van der Waals surface area contributed by atoms with Crippen LogP contribution in [0.2, 0.25) is 0 Å². The third kappa shape index (κ3) is 4.68. The van der Waals surface area contributed by atoms with Gasteiger partial charge in [-0.25, -0.2) is 0 Å². The lowest BCUT2D eigenvalue weighted by Gasteiger charge is -2.54. The largest absolute Gasteiger partial charge is 0.459 e. The Hall–Kier alpha value is -1.37. The fraction of sp³-hybridized carbons (Fsp3) is 0.857. The molecule has 0 amide bonds. The fourth-order valence-electron chi connectivity index (χ4n) is 10.9. The number of esters is 1. The van der Waals surface area contributed by atoms with Crippen LogP contribution < -0.4 is 0 Å². The first-order valence-electron chi connectivity index (χ1n) is 17.2. The molecule has 7 aliphatic rings. The van der Waals surface area contributed by atoms with E-state index in [9.17, 15) is 30.3 Å². The van der Waals surface area contributed by atoms with Crippen LogP contribution >= 0.6 is 0 Å². The number of carbonyl (C=O) groups is 1.